The van der Waals surface area contributed by atoms with Crippen LogP contribution >= 0.6 is 0 Å². The summed E-state index contributed by atoms with van der Waals surface area (Å²) in [5.41, 5.74) is 5.66. The highest BCUT2D eigenvalue weighted by atomic mass is 16.5. The molecular formula is C11H23NO2. The molecule has 0 spiro atoms. The summed E-state index contributed by atoms with van der Waals surface area (Å²) in [6.45, 7) is 6.72. The van der Waals surface area contributed by atoms with Crippen LogP contribution in [0.25, 0.3) is 0 Å². The molecule has 2 N–H and O–H groups in total. The van der Waals surface area contributed by atoms with Gasteiger partial charge in [0.25, 0.3) is 0 Å². The van der Waals surface area contributed by atoms with E-state index in [0.717, 1.165) is 19.3 Å². The fourth-order valence-corrected chi connectivity index (χ4v) is 1.24. The number of esters is 1. The van der Waals surface area contributed by atoms with Crippen molar-refractivity contribution in [2.75, 3.05) is 6.61 Å². The Morgan fingerprint density at radius 3 is 2.50 bits per heavy atom. The summed E-state index contributed by atoms with van der Waals surface area (Å²) >= 11 is 0. The molecule has 0 bridgehead atoms. The molecule has 14 heavy (non-hydrogen) atoms. The van der Waals surface area contributed by atoms with Crippen LogP contribution in [0.4, 0.5) is 0 Å². The van der Waals surface area contributed by atoms with Gasteiger partial charge in [-0.25, -0.2) is 0 Å². The van der Waals surface area contributed by atoms with E-state index in [-0.39, 0.29) is 5.97 Å². The van der Waals surface area contributed by atoms with Crippen molar-refractivity contribution in [1.29, 1.82) is 0 Å². The third-order valence-corrected chi connectivity index (χ3v) is 2.02. The van der Waals surface area contributed by atoms with Gasteiger partial charge in [-0.2, -0.15) is 0 Å². The molecule has 0 rings (SSSR count). The smallest absolute Gasteiger partial charge is 0.322 e. The second kappa shape index (κ2) is 7.80. The Morgan fingerprint density at radius 1 is 1.36 bits per heavy atom. The molecule has 84 valence electrons. The Kier molecular flexibility index (Phi) is 7.48. The lowest BCUT2D eigenvalue weighted by Crippen LogP contribution is -2.33. The summed E-state index contributed by atoms with van der Waals surface area (Å²) < 4.78 is 5.04. The second-order valence-electron chi connectivity index (χ2n) is 4.11. The molecular weight excluding hydrogens is 178 g/mol. The molecule has 0 aliphatic rings. The number of carbonyl (C=O) groups excluding carboxylic acids is 1. The highest BCUT2D eigenvalue weighted by molar-refractivity contribution is 5.75. The molecule has 3 heteroatoms. The lowest BCUT2D eigenvalue weighted by Gasteiger charge is -2.13. The number of unbranched alkanes of at least 4 members (excludes halogenated alkanes) is 2. The highest BCUT2D eigenvalue weighted by Crippen LogP contribution is 2.04. The number of carbonyl (C=O) groups is 1. The number of rotatable bonds is 7. The molecule has 3 nitrogen and oxygen atoms in total. The van der Waals surface area contributed by atoms with Crippen molar-refractivity contribution in [3.05, 3.63) is 0 Å². The van der Waals surface area contributed by atoms with E-state index >= 15 is 0 Å². The third-order valence-electron chi connectivity index (χ3n) is 2.02. The van der Waals surface area contributed by atoms with Gasteiger partial charge >= 0.3 is 5.97 Å². The van der Waals surface area contributed by atoms with Crippen molar-refractivity contribution < 1.29 is 9.53 Å². The lowest BCUT2D eigenvalue weighted by atomic mass is 10.1. The van der Waals surface area contributed by atoms with Crippen molar-refractivity contribution in [2.45, 2.75) is 52.5 Å². The second-order valence-corrected chi connectivity index (χ2v) is 4.11. The fraction of sp³-hybridized carbons (Fsp3) is 0.909. The van der Waals surface area contributed by atoms with E-state index in [1.54, 1.807) is 0 Å². The summed E-state index contributed by atoms with van der Waals surface area (Å²) in [5, 5.41) is 0. The Morgan fingerprint density at radius 2 is 2.00 bits per heavy atom. The van der Waals surface area contributed by atoms with E-state index in [4.69, 9.17) is 10.5 Å². The summed E-state index contributed by atoms with van der Waals surface area (Å²) in [7, 11) is 0. The molecule has 0 saturated heterocycles. The molecule has 0 aliphatic carbocycles. The number of hydrogen-bond donors (Lipinski definition) is 1. The first-order valence-corrected chi connectivity index (χ1v) is 5.50. The van der Waals surface area contributed by atoms with Gasteiger partial charge in [0, 0.05) is 0 Å². The van der Waals surface area contributed by atoms with E-state index in [9.17, 15) is 4.79 Å². The SMILES string of the molecule is CCCCCOC(=O)[C@@H](N)CC(C)C. The molecule has 0 amide bonds. The van der Waals surface area contributed by atoms with E-state index in [1.165, 1.54) is 0 Å². The predicted molar refractivity (Wildman–Crippen MR) is 57.9 cm³/mol. The zero-order valence-corrected chi connectivity index (χ0v) is 9.58. The largest absolute Gasteiger partial charge is 0.465 e. The van der Waals surface area contributed by atoms with Crippen LogP contribution in [-0.4, -0.2) is 18.6 Å². The van der Waals surface area contributed by atoms with Gasteiger partial charge in [-0.15, -0.1) is 0 Å². The van der Waals surface area contributed by atoms with Crippen LogP contribution in [0.15, 0.2) is 0 Å². The molecule has 0 aromatic rings. The zero-order valence-electron chi connectivity index (χ0n) is 9.58. The Labute approximate surface area is 87.0 Å². The van der Waals surface area contributed by atoms with Gasteiger partial charge in [-0.3, -0.25) is 4.79 Å². The van der Waals surface area contributed by atoms with Gasteiger partial charge in [-0.05, 0) is 18.8 Å². The third kappa shape index (κ3) is 6.89. The minimum Gasteiger partial charge on any atom is -0.465 e. The van der Waals surface area contributed by atoms with Crippen LogP contribution < -0.4 is 5.73 Å². The monoisotopic (exact) mass is 201 g/mol. The van der Waals surface area contributed by atoms with Gasteiger partial charge in [0.1, 0.15) is 6.04 Å². The maximum Gasteiger partial charge on any atom is 0.322 e. The highest BCUT2D eigenvalue weighted by Gasteiger charge is 2.15. The van der Waals surface area contributed by atoms with Crippen molar-refractivity contribution in [3.63, 3.8) is 0 Å². The Hall–Kier alpha value is -0.570. The first-order chi connectivity index (χ1) is 6.57. The van der Waals surface area contributed by atoms with Crippen LogP contribution in [-0.2, 0) is 9.53 Å². The standard InChI is InChI=1S/C11H23NO2/c1-4-5-6-7-14-11(13)10(12)8-9(2)3/h9-10H,4-8,12H2,1-3H3/t10-/m0/s1. The first-order valence-electron chi connectivity index (χ1n) is 5.50. The number of ether oxygens (including phenoxy) is 1. The number of hydrogen-bond acceptors (Lipinski definition) is 3. The van der Waals surface area contributed by atoms with E-state index in [2.05, 4.69) is 6.92 Å². The molecule has 0 aromatic carbocycles. The number of nitrogens with two attached hydrogens (primary N) is 1. The van der Waals surface area contributed by atoms with Crippen LogP contribution in [0, 0.1) is 5.92 Å². The van der Waals surface area contributed by atoms with Crippen LogP contribution in [0.5, 0.6) is 0 Å². The van der Waals surface area contributed by atoms with Crippen molar-refractivity contribution in [1.82, 2.24) is 0 Å². The average molecular weight is 201 g/mol. The maximum absolute atomic E-state index is 11.3. The predicted octanol–water partition coefficient (Wildman–Crippen LogP) is 2.09. The Bertz CT molecular complexity index is 157. The van der Waals surface area contributed by atoms with E-state index < -0.39 is 6.04 Å². The summed E-state index contributed by atoms with van der Waals surface area (Å²) in [6, 6.07) is -0.448. The first kappa shape index (κ1) is 13.4. The van der Waals surface area contributed by atoms with Crippen LogP contribution in [0.1, 0.15) is 46.5 Å². The lowest BCUT2D eigenvalue weighted by molar-refractivity contribution is -0.145. The maximum atomic E-state index is 11.3. The molecule has 0 aromatic heterocycles. The van der Waals surface area contributed by atoms with Crippen LogP contribution in [0.2, 0.25) is 0 Å². The molecule has 0 heterocycles. The van der Waals surface area contributed by atoms with Crippen molar-refractivity contribution in [3.8, 4) is 0 Å². The van der Waals surface area contributed by atoms with Gasteiger partial charge < -0.3 is 10.5 Å². The molecule has 0 fully saturated rings. The van der Waals surface area contributed by atoms with Gasteiger partial charge in [-0.1, -0.05) is 33.6 Å². The quantitative estimate of drug-likeness (QED) is 0.507. The molecule has 0 radical (unpaired) electrons. The topological polar surface area (TPSA) is 52.3 Å². The van der Waals surface area contributed by atoms with Crippen molar-refractivity contribution >= 4 is 5.97 Å². The van der Waals surface area contributed by atoms with Crippen LogP contribution in [0.3, 0.4) is 0 Å². The minimum absolute atomic E-state index is 0.255. The molecule has 1 atom stereocenters. The van der Waals surface area contributed by atoms with E-state index in [0.29, 0.717) is 18.9 Å². The molecule has 0 aliphatic heterocycles. The summed E-state index contributed by atoms with van der Waals surface area (Å²) in [4.78, 5) is 11.3. The van der Waals surface area contributed by atoms with Gasteiger partial charge in [0.05, 0.1) is 6.61 Å². The molecule has 0 unspecified atom stereocenters. The van der Waals surface area contributed by atoms with Crippen molar-refractivity contribution in [2.24, 2.45) is 11.7 Å². The van der Waals surface area contributed by atoms with Gasteiger partial charge in [0.15, 0.2) is 0 Å². The Balaban J connectivity index is 3.52. The summed E-state index contributed by atoms with van der Waals surface area (Å²) in [5.74, 6) is 0.183. The minimum atomic E-state index is -0.448. The van der Waals surface area contributed by atoms with E-state index in [1.807, 2.05) is 13.8 Å². The summed E-state index contributed by atoms with van der Waals surface area (Å²) in [6.07, 6.45) is 3.88. The normalized spacial score (nSPS) is 12.9. The average Bonchev–Trinajstić information content (AvgIpc) is 2.11. The fourth-order valence-electron chi connectivity index (χ4n) is 1.24. The molecule has 0 saturated carbocycles. The zero-order chi connectivity index (χ0) is 11.0. The van der Waals surface area contributed by atoms with Gasteiger partial charge in [0.2, 0.25) is 0 Å².